The second-order valence-electron chi connectivity index (χ2n) is 6.69. The van der Waals surface area contributed by atoms with Crippen molar-refractivity contribution in [2.24, 2.45) is 0 Å². The molecule has 160 valence electrons. The van der Waals surface area contributed by atoms with Crippen molar-refractivity contribution < 1.29 is 28.6 Å². The van der Waals surface area contributed by atoms with Gasteiger partial charge in [-0.3, -0.25) is 9.59 Å². The molecule has 0 bridgehead atoms. The lowest BCUT2D eigenvalue weighted by atomic mass is 9.99. The molecule has 3 rings (SSSR count). The number of carbonyl (C=O) groups is 3. The van der Waals surface area contributed by atoms with Gasteiger partial charge < -0.3 is 19.5 Å². The monoisotopic (exact) mass is 495 g/mol. The van der Waals surface area contributed by atoms with Gasteiger partial charge in [0.1, 0.15) is 10.8 Å². The number of methoxy groups -OCH3 is 2. The van der Waals surface area contributed by atoms with Crippen molar-refractivity contribution in [1.29, 1.82) is 0 Å². The van der Waals surface area contributed by atoms with Crippen LogP contribution >= 0.6 is 27.3 Å². The van der Waals surface area contributed by atoms with Gasteiger partial charge in [-0.05, 0) is 48.6 Å². The second-order valence-corrected chi connectivity index (χ2v) is 8.71. The Morgan fingerprint density at radius 1 is 1.23 bits per heavy atom. The van der Waals surface area contributed by atoms with Gasteiger partial charge in [-0.25, -0.2) is 4.79 Å². The van der Waals surface area contributed by atoms with E-state index < -0.39 is 23.8 Å². The van der Waals surface area contributed by atoms with Crippen molar-refractivity contribution in [2.75, 3.05) is 26.1 Å². The molecule has 1 N–H and O–H groups in total. The van der Waals surface area contributed by atoms with E-state index in [2.05, 4.69) is 21.2 Å². The van der Waals surface area contributed by atoms with Gasteiger partial charge in [0.2, 0.25) is 0 Å². The van der Waals surface area contributed by atoms with Crippen LogP contribution in [0, 0.1) is 0 Å². The van der Waals surface area contributed by atoms with Gasteiger partial charge in [0.15, 0.2) is 6.61 Å². The molecule has 1 unspecified atom stereocenters. The molecule has 0 saturated heterocycles. The summed E-state index contributed by atoms with van der Waals surface area (Å²) in [4.78, 5) is 38.0. The molecule has 0 fully saturated rings. The third-order valence-electron chi connectivity index (χ3n) is 4.92. The first-order valence-electron chi connectivity index (χ1n) is 9.42. The molecule has 1 atom stereocenters. The highest BCUT2D eigenvalue weighted by atomic mass is 79.9. The Labute approximate surface area is 186 Å². The molecule has 2 aromatic rings. The molecule has 1 aliphatic rings. The van der Waals surface area contributed by atoms with E-state index in [4.69, 9.17) is 14.2 Å². The number of halogens is 1. The fraction of sp³-hybridized carbons (Fsp3) is 0.381. The summed E-state index contributed by atoms with van der Waals surface area (Å²) in [5.74, 6) is -1.31. The Hall–Kier alpha value is -2.39. The first-order valence-corrected chi connectivity index (χ1v) is 11.0. The minimum Gasteiger partial charge on any atom is -0.483 e. The number of rotatable bonds is 7. The van der Waals surface area contributed by atoms with E-state index in [1.807, 2.05) is 19.1 Å². The van der Waals surface area contributed by atoms with Gasteiger partial charge in [-0.1, -0.05) is 22.9 Å². The van der Waals surface area contributed by atoms with Gasteiger partial charge in [-0.2, -0.15) is 0 Å². The van der Waals surface area contributed by atoms with Crippen LogP contribution < -0.4 is 10.1 Å². The summed E-state index contributed by atoms with van der Waals surface area (Å²) < 4.78 is 16.4. The summed E-state index contributed by atoms with van der Waals surface area (Å²) in [6.45, 7) is 1.79. The Balaban J connectivity index is 1.79. The zero-order valence-corrected chi connectivity index (χ0v) is 19.3. The van der Waals surface area contributed by atoms with Crippen molar-refractivity contribution >= 4 is 50.1 Å². The van der Waals surface area contributed by atoms with Crippen molar-refractivity contribution in [2.45, 2.75) is 32.1 Å². The van der Waals surface area contributed by atoms with Crippen LogP contribution in [-0.2, 0) is 31.9 Å². The largest absolute Gasteiger partial charge is 0.483 e. The Bertz CT molecular complexity index is 986. The maximum Gasteiger partial charge on any atom is 0.341 e. The summed E-state index contributed by atoms with van der Waals surface area (Å²) in [6.07, 6.45) is 1.96. The minimum absolute atomic E-state index is 0.210. The number of thiophene rings is 1. The Kier molecular flexibility index (Phi) is 7.14. The number of aryl methyl sites for hydroxylation is 2. The number of amides is 1. The van der Waals surface area contributed by atoms with E-state index in [9.17, 15) is 14.4 Å². The van der Waals surface area contributed by atoms with E-state index >= 15 is 0 Å². The smallest absolute Gasteiger partial charge is 0.341 e. The maximum absolute atomic E-state index is 12.5. The van der Waals surface area contributed by atoms with Crippen LogP contribution in [0.1, 0.15) is 45.6 Å². The number of carbonyl (C=O) groups excluding carboxylic acids is 3. The number of hydrogen-bond donors (Lipinski definition) is 1. The molecule has 0 saturated carbocycles. The first-order chi connectivity index (χ1) is 14.4. The maximum atomic E-state index is 12.5. The van der Waals surface area contributed by atoms with E-state index in [0.29, 0.717) is 29.2 Å². The number of ether oxygens (including phenoxy) is 3. The Morgan fingerprint density at radius 3 is 2.67 bits per heavy atom. The SMILES string of the molecule is CCc1cc(Br)ccc1OCC(=O)Nc1sc2c(c1C(=O)OC)C(C(=O)OC)CC2. The molecule has 9 heteroatoms. The van der Waals surface area contributed by atoms with Crippen LogP contribution in [0.3, 0.4) is 0 Å². The Morgan fingerprint density at radius 2 is 2.00 bits per heavy atom. The normalized spacial score (nSPS) is 14.7. The number of fused-ring (bicyclic) bond motifs is 1. The summed E-state index contributed by atoms with van der Waals surface area (Å²) >= 11 is 4.70. The van der Waals surface area contributed by atoms with Gasteiger partial charge in [-0.15, -0.1) is 11.3 Å². The van der Waals surface area contributed by atoms with Crippen LogP contribution in [0.4, 0.5) is 5.00 Å². The predicted molar refractivity (Wildman–Crippen MR) is 116 cm³/mol. The zero-order valence-electron chi connectivity index (χ0n) is 16.9. The first kappa shape index (κ1) is 22.3. The van der Waals surface area contributed by atoms with E-state index in [-0.39, 0.29) is 12.2 Å². The lowest BCUT2D eigenvalue weighted by Crippen LogP contribution is -2.22. The fourth-order valence-electron chi connectivity index (χ4n) is 3.51. The number of esters is 2. The number of anilines is 1. The molecule has 0 radical (unpaired) electrons. The lowest BCUT2D eigenvalue weighted by Gasteiger charge is -2.13. The minimum atomic E-state index is -0.597. The highest BCUT2D eigenvalue weighted by molar-refractivity contribution is 9.10. The summed E-state index contributed by atoms with van der Waals surface area (Å²) in [5.41, 5.74) is 1.79. The van der Waals surface area contributed by atoms with Crippen LogP contribution in [0.5, 0.6) is 5.75 Å². The standard InChI is InChI=1S/C21H22BrNO6S/c1-4-11-9-12(22)5-7-14(11)29-10-16(24)23-19-18(21(26)28-3)17-13(20(25)27-2)6-8-15(17)30-19/h5,7,9,13H,4,6,8,10H2,1-3H3,(H,23,24). The molecule has 1 heterocycles. The van der Waals surface area contributed by atoms with Crippen molar-refractivity contribution in [1.82, 2.24) is 0 Å². The quantitative estimate of drug-likeness (QED) is 0.581. The van der Waals surface area contributed by atoms with Crippen LogP contribution in [0.2, 0.25) is 0 Å². The predicted octanol–water partition coefficient (Wildman–Crippen LogP) is 4.08. The van der Waals surface area contributed by atoms with Crippen molar-refractivity contribution in [3.63, 3.8) is 0 Å². The average Bonchev–Trinajstić information content (AvgIpc) is 3.30. The molecular formula is C21H22BrNO6S. The van der Waals surface area contributed by atoms with Crippen LogP contribution in [0.25, 0.3) is 0 Å². The molecule has 30 heavy (non-hydrogen) atoms. The highest BCUT2D eigenvalue weighted by Crippen LogP contribution is 2.45. The number of benzene rings is 1. The lowest BCUT2D eigenvalue weighted by molar-refractivity contribution is -0.142. The molecule has 1 aliphatic carbocycles. The zero-order chi connectivity index (χ0) is 21.8. The van der Waals surface area contributed by atoms with Gasteiger partial charge in [0, 0.05) is 9.35 Å². The molecule has 0 spiro atoms. The number of hydrogen-bond acceptors (Lipinski definition) is 7. The summed E-state index contributed by atoms with van der Waals surface area (Å²) in [5, 5.41) is 3.11. The van der Waals surface area contributed by atoms with Crippen molar-refractivity contribution in [3.05, 3.63) is 44.2 Å². The third kappa shape index (κ3) is 4.52. The van der Waals surface area contributed by atoms with Crippen molar-refractivity contribution in [3.8, 4) is 5.75 Å². The number of nitrogens with one attached hydrogen (secondary N) is 1. The van der Waals surface area contributed by atoms with Crippen LogP contribution in [0.15, 0.2) is 22.7 Å². The van der Waals surface area contributed by atoms with Crippen LogP contribution in [-0.4, -0.2) is 38.7 Å². The third-order valence-corrected chi connectivity index (χ3v) is 6.59. The highest BCUT2D eigenvalue weighted by Gasteiger charge is 2.38. The van der Waals surface area contributed by atoms with E-state index in [0.717, 1.165) is 21.3 Å². The molecule has 1 amide bonds. The summed E-state index contributed by atoms with van der Waals surface area (Å²) in [7, 11) is 2.58. The van der Waals surface area contributed by atoms with E-state index in [1.54, 1.807) is 6.07 Å². The second kappa shape index (κ2) is 9.61. The van der Waals surface area contributed by atoms with Gasteiger partial charge >= 0.3 is 11.9 Å². The molecule has 7 nitrogen and oxygen atoms in total. The average molecular weight is 496 g/mol. The molecule has 1 aromatic carbocycles. The topological polar surface area (TPSA) is 90.9 Å². The fourth-order valence-corrected chi connectivity index (χ4v) is 5.20. The van der Waals surface area contributed by atoms with E-state index in [1.165, 1.54) is 25.6 Å². The molecular weight excluding hydrogens is 474 g/mol. The summed E-state index contributed by atoms with van der Waals surface area (Å²) in [6, 6.07) is 5.59. The van der Waals surface area contributed by atoms with Gasteiger partial charge in [0.05, 0.1) is 25.7 Å². The molecule has 1 aromatic heterocycles. The van der Waals surface area contributed by atoms with Gasteiger partial charge in [0.25, 0.3) is 5.91 Å². The molecule has 0 aliphatic heterocycles.